The van der Waals surface area contributed by atoms with Gasteiger partial charge in [-0.1, -0.05) is 19.6 Å². The van der Waals surface area contributed by atoms with Crippen molar-refractivity contribution in [3.63, 3.8) is 0 Å². The minimum Gasteiger partial charge on any atom is -0.482 e. The standard InChI is InChI=1S/C36H40N6O4/c1-6-31(43)29-16-28(36(45)40-35-23(4)14-25(17-37)18-39-35)22(3)15-32(29)46-33(30-11-10-27(19-38-30)26-8-9-26)21-41-12-13-42(24(5)20-41)34(44)7-2/h7,10-11,14-16,18-19,24,26,33H,2,6,8-9,12-13,20-21H2,1,3-5H3,(H,39,40,45)/t24-,33-/m1/s1. The molecule has 10 nitrogen and oxygen atoms in total. The number of carbonyl (C=O) groups excluding carboxylic acids is 3. The van der Waals surface area contributed by atoms with Crippen molar-refractivity contribution in [1.29, 1.82) is 5.26 Å². The Hall–Kier alpha value is -4.88. The monoisotopic (exact) mass is 620 g/mol. The van der Waals surface area contributed by atoms with Crippen LogP contribution in [0.25, 0.3) is 0 Å². The molecule has 238 valence electrons. The molecule has 1 aliphatic heterocycles. The fourth-order valence-corrected chi connectivity index (χ4v) is 5.86. The van der Waals surface area contributed by atoms with Crippen LogP contribution in [0.4, 0.5) is 5.82 Å². The van der Waals surface area contributed by atoms with E-state index in [0.717, 1.165) is 5.69 Å². The number of rotatable bonds is 11. The molecule has 2 atom stereocenters. The topological polar surface area (TPSA) is 129 Å². The number of aromatic nitrogens is 2. The maximum absolute atomic E-state index is 13.4. The van der Waals surface area contributed by atoms with Crippen molar-refractivity contribution in [3.8, 4) is 11.8 Å². The van der Waals surface area contributed by atoms with Crippen molar-refractivity contribution in [2.45, 2.75) is 65.0 Å². The number of amides is 2. The molecule has 10 heteroatoms. The molecule has 1 aliphatic carbocycles. The zero-order valence-corrected chi connectivity index (χ0v) is 26.9. The van der Waals surface area contributed by atoms with E-state index in [1.807, 2.05) is 30.2 Å². The van der Waals surface area contributed by atoms with Crippen molar-refractivity contribution in [2.24, 2.45) is 0 Å². The molecule has 2 aromatic heterocycles. The first-order valence-corrected chi connectivity index (χ1v) is 15.8. The number of hydrogen-bond donors (Lipinski definition) is 1. The molecule has 2 amide bonds. The molecule has 5 rings (SSSR count). The van der Waals surface area contributed by atoms with Gasteiger partial charge < -0.3 is 15.0 Å². The summed E-state index contributed by atoms with van der Waals surface area (Å²) in [4.78, 5) is 52.1. The van der Waals surface area contributed by atoms with Gasteiger partial charge in [-0.15, -0.1) is 0 Å². The summed E-state index contributed by atoms with van der Waals surface area (Å²) in [6, 6.07) is 11.1. The second kappa shape index (κ2) is 14.0. The molecule has 2 aliphatic rings. The largest absolute Gasteiger partial charge is 0.482 e. The molecular formula is C36H40N6O4. The zero-order valence-electron chi connectivity index (χ0n) is 26.9. The van der Waals surface area contributed by atoms with E-state index in [2.05, 4.69) is 27.8 Å². The van der Waals surface area contributed by atoms with Gasteiger partial charge in [-0.05, 0) is 86.6 Å². The van der Waals surface area contributed by atoms with Crippen LogP contribution in [0.2, 0.25) is 0 Å². The Labute approximate surface area is 270 Å². The SMILES string of the molecule is C=CC(=O)N1CCN(C[C@@H](Oc2cc(C)c(C(=O)Nc3ncc(C#N)cc3C)cc2C(=O)CC)c2ccc(C3CC3)cn2)C[C@H]1C. The zero-order chi connectivity index (χ0) is 33.0. The summed E-state index contributed by atoms with van der Waals surface area (Å²) < 4.78 is 6.69. The van der Waals surface area contributed by atoms with Crippen molar-refractivity contribution in [2.75, 3.05) is 31.5 Å². The van der Waals surface area contributed by atoms with Gasteiger partial charge in [-0.3, -0.25) is 24.3 Å². The highest BCUT2D eigenvalue weighted by Gasteiger charge is 2.31. The van der Waals surface area contributed by atoms with E-state index < -0.39 is 12.0 Å². The van der Waals surface area contributed by atoms with Gasteiger partial charge >= 0.3 is 0 Å². The number of hydrogen-bond acceptors (Lipinski definition) is 8. The molecule has 2 fully saturated rings. The first kappa shape index (κ1) is 32.5. The van der Waals surface area contributed by atoms with E-state index >= 15 is 0 Å². The van der Waals surface area contributed by atoms with Gasteiger partial charge in [0.1, 0.15) is 17.6 Å². The quantitative estimate of drug-likeness (QED) is 0.219. The van der Waals surface area contributed by atoms with Crippen LogP contribution in [0, 0.1) is 25.2 Å². The number of aryl methyl sites for hydroxylation is 2. The molecule has 46 heavy (non-hydrogen) atoms. The highest BCUT2D eigenvalue weighted by molar-refractivity contribution is 6.08. The Morgan fingerprint density at radius 2 is 1.89 bits per heavy atom. The number of pyridine rings is 2. The molecule has 0 unspecified atom stereocenters. The van der Waals surface area contributed by atoms with E-state index in [9.17, 15) is 14.4 Å². The maximum atomic E-state index is 13.4. The second-order valence-electron chi connectivity index (χ2n) is 12.1. The Bertz CT molecular complexity index is 1690. The summed E-state index contributed by atoms with van der Waals surface area (Å²) in [5.41, 5.74) is 4.30. The average molecular weight is 621 g/mol. The Balaban J connectivity index is 1.44. The molecule has 1 saturated carbocycles. The molecule has 0 radical (unpaired) electrons. The predicted molar refractivity (Wildman–Crippen MR) is 175 cm³/mol. The molecular weight excluding hydrogens is 580 g/mol. The van der Waals surface area contributed by atoms with Gasteiger partial charge in [0.25, 0.3) is 5.91 Å². The number of benzene rings is 1. The maximum Gasteiger partial charge on any atom is 0.257 e. The summed E-state index contributed by atoms with van der Waals surface area (Å²) in [5.74, 6) is 0.652. The number of nitriles is 1. The molecule has 1 N–H and O–H groups in total. The first-order chi connectivity index (χ1) is 22.1. The fourth-order valence-electron chi connectivity index (χ4n) is 5.86. The lowest BCUT2D eigenvalue weighted by atomic mass is 9.99. The van der Waals surface area contributed by atoms with Crippen molar-refractivity contribution in [3.05, 3.63) is 94.5 Å². The molecule has 0 bridgehead atoms. The number of anilines is 1. The van der Waals surface area contributed by atoms with E-state index in [1.165, 1.54) is 30.7 Å². The number of piperazine rings is 1. The van der Waals surface area contributed by atoms with Crippen LogP contribution < -0.4 is 10.1 Å². The number of nitrogens with zero attached hydrogens (tertiary/aromatic N) is 5. The highest BCUT2D eigenvalue weighted by Crippen LogP contribution is 2.40. The number of ether oxygens (including phenoxy) is 1. The van der Waals surface area contributed by atoms with Gasteiger partial charge in [0.05, 0.1) is 16.8 Å². The van der Waals surface area contributed by atoms with Crippen LogP contribution in [0.15, 0.2) is 55.4 Å². The van der Waals surface area contributed by atoms with Crippen molar-refractivity contribution < 1.29 is 19.1 Å². The van der Waals surface area contributed by atoms with Gasteiger partial charge in [-0.25, -0.2) is 4.98 Å². The number of nitrogens with one attached hydrogen (secondary N) is 1. The molecule has 0 spiro atoms. The van der Waals surface area contributed by atoms with Gasteiger partial charge in [0.15, 0.2) is 11.9 Å². The highest BCUT2D eigenvalue weighted by atomic mass is 16.5. The van der Waals surface area contributed by atoms with Crippen LogP contribution in [0.5, 0.6) is 5.75 Å². The number of carbonyl (C=O) groups is 3. The Kier molecular flexibility index (Phi) is 9.93. The summed E-state index contributed by atoms with van der Waals surface area (Å²) in [5, 5.41) is 12.0. The van der Waals surface area contributed by atoms with Crippen molar-refractivity contribution >= 4 is 23.4 Å². The summed E-state index contributed by atoms with van der Waals surface area (Å²) in [6.45, 7) is 13.4. The van der Waals surface area contributed by atoms with Gasteiger partial charge in [0, 0.05) is 56.6 Å². The summed E-state index contributed by atoms with van der Waals surface area (Å²) in [6.07, 6.45) is 6.75. The third-order valence-electron chi connectivity index (χ3n) is 8.68. The fraction of sp³-hybridized carbons (Fsp3) is 0.389. The minimum absolute atomic E-state index is 0.00314. The first-order valence-electron chi connectivity index (χ1n) is 15.8. The third-order valence-corrected chi connectivity index (χ3v) is 8.68. The van der Waals surface area contributed by atoms with Crippen LogP contribution in [0.3, 0.4) is 0 Å². The van der Waals surface area contributed by atoms with E-state index in [1.54, 1.807) is 39.0 Å². The van der Waals surface area contributed by atoms with Gasteiger partial charge in [0.2, 0.25) is 5.91 Å². The lowest BCUT2D eigenvalue weighted by Gasteiger charge is -2.40. The lowest BCUT2D eigenvalue weighted by Crippen LogP contribution is -2.54. The molecule has 3 heterocycles. The van der Waals surface area contributed by atoms with Crippen LogP contribution in [0.1, 0.15) is 93.8 Å². The average Bonchev–Trinajstić information content (AvgIpc) is 3.91. The molecule has 1 saturated heterocycles. The Morgan fingerprint density at radius 3 is 2.50 bits per heavy atom. The van der Waals surface area contributed by atoms with Crippen LogP contribution in [-0.4, -0.2) is 69.6 Å². The molecule has 1 aromatic carbocycles. The number of ketones is 1. The molecule has 3 aromatic rings. The summed E-state index contributed by atoms with van der Waals surface area (Å²) in [7, 11) is 0. The number of Topliss-reactive ketones (excluding diaryl/α,β-unsaturated/α-hetero) is 1. The van der Waals surface area contributed by atoms with E-state index in [-0.39, 0.29) is 24.2 Å². The van der Waals surface area contributed by atoms with E-state index in [0.29, 0.717) is 71.5 Å². The second-order valence-corrected chi connectivity index (χ2v) is 12.1. The van der Waals surface area contributed by atoms with Crippen LogP contribution in [-0.2, 0) is 4.79 Å². The van der Waals surface area contributed by atoms with Crippen LogP contribution >= 0.6 is 0 Å². The smallest absolute Gasteiger partial charge is 0.257 e. The predicted octanol–water partition coefficient (Wildman–Crippen LogP) is 5.53. The lowest BCUT2D eigenvalue weighted by molar-refractivity contribution is -0.130. The Morgan fingerprint density at radius 1 is 1.11 bits per heavy atom. The van der Waals surface area contributed by atoms with Crippen molar-refractivity contribution in [1.82, 2.24) is 19.8 Å². The third kappa shape index (κ3) is 7.32. The normalized spacial score (nSPS) is 17.1. The minimum atomic E-state index is -0.505. The summed E-state index contributed by atoms with van der Waals surface area (Å²) >= 11 is 0. The van der Waals surface area contributed by atoms with Gasteiger partial charge in [-0.2, -0.15) is 5.26 Å². The van der Waals surface area contributed by atoms with E-state index in [4.69, 9.17) is 15.0 Å².